The molecule has 1 amide bonds. The molecule has 5 heteroatoms. The number of nitrogens with zero attached hydrogens (tertiary/aromatic N) is 1. The number of aryl methyl sites for hydroxylation is 1. The second-order valence-electron chi connectivity index (χ2n) is 4.76. The average Bonchev–Trinajstić information content (AvgIpc) is 2.87. The summed E-state index contributed by atoms with van der Waals surface area (Å²) in [5, 5.41) is 5.89. The van der Waals surface area contributed by atoms with E-state index in [1.165, 1.54) is 0 Å². The van der Waals surface area contributed by atoms with Crippen LogP contribution in [-0.4, -0.2) is 17.4 Å². The molecule has 2 atom stereocenters. The summed E-state index contributed by atoms with van der Waals surface area (Å²) in [6, 6.07) is 9.51. The van der Waals surface area contributed by atoms with Crippen molar-refractivity contribution in [3.05, 3.63) is 52.0 Å². The fourth-order valence-corrected chi connectivity index (χ4v) is 2.83. The molecule has 3 N–H and O–H groups in total. The molecule has 20 heavy (non-hydrogen) atoms. The zero-order valence-corrected chi connectivity index (χ0v) is 12.5. The maximum Gasteiger partial charge on any atom is 0.229 e. The Hall–Kier alpha value is -1.72. The molecule has 0 radical (unpaired) electrons. The summed E-state index contributed by atoms with van der Waals surface area (Å²) < 4.78 is 0. The van der Waals surface area contributed by atoms with Gasteiger partial charge in [0.15, 0.2) is 0 Å². The fraction of sp³-hybridized carbons (Fsp3) is 0.333. The Kier molecular flexibility index (Phi) is 4.87. The van der Waals surface area contributed by atoms with E-state index < -0.39 is 0 Å². The third kappa shape index (κ3) is 3.43. The molecule has 0 fully saturated rings. The number of carbonyl (C=O) groups excluding carboxylic acids is 1. The smallest absolute Gasteiger partial charge is 0.229 e. The molecule has 0 aliphatic rings. The first kappa shape index (κ1) is 14.7. The molecule has 0 spiro atoms. The molecule has 106 valence electrons. The van der Waals surface area contributed by atoms with Gasteiger partial charge in [-0.25, -0.2) is 4.98 Å². The number of rotatable bonds is 5. The van der Waals surface area contributed by atoms with Gasteiger partial charge >= 0.3 is 0 Å². The fourth-order valence-electron chi connectivity index (χ4n) is 2.03. The Morgan fingerprint density at radius 2 is 2.10 bits per heavy atom. The van der Waals surface area contributed by atoms with Crippen molar-refractivity contribution in [3.8, 4) is 0 Å². The van der Waals surface area contributed by atoms with Gasteiger partial charge in [-0.2, -0.15) is 0 Å². The maximum atomic E-state index is 12.4. The van der Waals surface area contributed by atoms with Crippen molar-refractivity contribution in [2.24, 2.45) is 5.73 Å². The summed E-state index contributed by atoms with van der Waals surface area (Å²) in [6.45, 7) is 4.18. The first-order valence-electron chi connectivity index (χ1n) is 6.59. The van der Waals surface area contributed by atoms with Gasteiger partial charge < -0.3 is 11.1 Å². The zero-order valence-electron chi connectivity index (χ0n) is 11.7. The Balaban J connectivity index is 2.06. The Labute approximate surface area is 123 Å². The van der Waals surface area contributed by atoms with Gasteiger partial charge in [-0.1, -0.05) is 30.3 Å². The van der Waals surface area contributed by atoms with E-state index in [0.29, 0.717) is 6.54 Å². The van der Waals surface area contributed by atoms with Crippen LogP contribution in [-0.2, 0) is 4.79 Å². The van der Waals surface area contributed by atoms with E-state index in [9.17, 15) is 4.79 Å². The van der Waals surface area contributed by atoms with E-state index in [0.717, 1.165) is 16.3 Å². The standard InChI is InChI=1S/C15H19N3OS/c1-10-9-20-15(17-10)11(2)18-14(19)13(8-16)12-6-4-3-5-7-12/h3-7,9,11,13H,8,16H2,1-2H3,(H,18,19). The van der Waals surface area contributed by atoms with Gasteiger partial charge in [-0.3, -0.25) is 4.79 Å². The van der Waals surface area contributed by atoms with Crippen molar-refractivity contribution in [1.82, 2.24) is 10.3 Å². The van der Waals surface area contributed by atoms with Crippen molar-refractivity contribution >= 4 is 17.2 Å². The molecule has 2 rings (SSSR count). The Morgan fingerprint density at radius 1 is 1.40 bits per heavy atom. The summed E-state index contributed by atoms with van der Waals surface area (Å²) in [5.41, 5.74) is 7.67. The number of nitrogens with one attached hydrogen (secondary N) is 1. The zero-order chi connectivity index (χ0) is 14.5. The van der Waals surface area contributed by atoms with E-state index in [-0.39, 0.29) is 17.9 Å². The maximum absolute atomic E-state index is 12.4. The quantitative estimate of drug-likeness (QED) is 0.888. The van der Waals surface area contributed by atoms with E-state index >= 15 is 0 Å². The number of thiazole rings is 1. The van der Waals surface area contributed by atoms with Gasteiger partial charge in [0, 0.05) is 17.6 Å². The Morgan fingerprint density at radius 3 is 2.65 bits per heavy atom. The lowest BCUT2D eigenvalue weighted by atomic mass is 9.98. The summed E-state index contributed by atoms with van der Waals surface area (Å²) in [6.07, 6.45) is 0. The summed E-state index contributed by atoms with van der Waals surface area (Å²) in [4.78, 5) is 16.7. The van der Waals surface area contributed by atoms with Crippen LogP contribution in [0.5, 0.6) is 0 Å². The third-order valence-electron chi connectivity index (χ3n) is 3.12. The number of amides is 1. The molecule has 1 heterocycles. The molecule has 1 aromatic heterocycles. The summed E-state index contributed by atoms with van der Waals surface area (Å²) in [7, 11) is 0. The van der Waals surface area contributed by atoms with Crippen molar-refractivity contribution in [1.29, 1.82) is 0 Å². The highest BCUT2D eigenvalue weighted by Gasteiger charge is 2.21. The van der Waals surface area contributed by atoms with Crippen LogP contribution in [0.2, 0.25) is 0 Å². The van der Waals surface area contributed by atoms with Gasteiger partial charge in [0.05, 0.1) is 12.0 Å². The van der Waals surface area contributed by atoms with Crippen LogP contribution in [0.4, 0.5) is 0 Å². The van der Waals surface area contributed by atoms with E-state index in [2.05, 4.69) is 10.3 Å². The molecule has 2 aromatic rings. The van der Waals surface area contributed by atoms with Crippen molar-refractivity contribution in [2.75, 3.05) is 6.54 Å². The van der Waals surface area contributed by atoms with Gasteiger partial charge in [0.1, 0.15) is 5.01 Å². The molecule has 4 nitrogen and oxygen atoms in total. The van der Waals surface area contributed by atoms with E-state index in [4.69, 9.17) is 5.73 Å². The molecule has 0 aliphatic carbocycles. The molecule has 0 bridgehead atoms. The number of hydrogen-bond acceptors (Lipinski definition) is 4. The van der Waals surface area contributed by atoms with Crippen LogP contribution in [0.25, 0.3) is 0 Å². The van der Waals surface area contributed by atoms with E-state index in [1.54, 1.807) is 11.3 Å². The second-order valence-corrected chi connectivity index (χ2v) is 5.65. The first-order chi connectivity index (χ1) is 9.61. The molecule has 0 saturated carbocycles. The minimum Gasteiger partial charge on any atom is -0.347 e. The van der Waals surface area contributed by atoms with Crippen molar-refractivity contribution in [3.63, 3.8) is 0 Å². The predicted molar refractivity (Wildman–Crippen MR) is 81.6 cm³/mol. The predicted octanol–water partition coefficient (Wildman–Crippen LogP) is 2.37. The largest absolute Gasteiger partial charge is 0.347 e. The molecule has 1 aromatic carbocycles. The van der Waals surface area contributed by atoms with Crippen LogP contribution in [0.3, 0.4) is 0 Å². The first-order valence-corrected chi connectivity index (χ1v) is 7.47. The number of carbonyl (C=O) groups is 1. The van der Waals surface area contributed by atoms with Crippen molar-refractivity contribution < 1.29 is 4.79 Å². The van der Waals surface area contributed by atoms with Gasteiger partial charge in [0.2, 0.25) is 5.91 Å². The van der Waals surface area contributed by atoms with Gasteiger partial charge in [-0.05, 0) is 19.4 Å². The van der Waals surface area contributed by atoms with Crippen LogP contribution in [0, 0.1) is 6.92 Å². The third-order valence-corrected chi connectivity index (χ3v) is 4.27. The summed E-state index contributed by atoms with van der Waals surface area (Å²) in [5.74, 6) is -0.376. The topological polar surface area (TPSA) is 68.0 Å². The highest BCUT2D eigenvalue weighted by molar-refractivity contribution is 7.09. The normalized spacial score (nSPS) is 13.8. The number of benzene rings is 1. The monoisotopic (exact) mass is 289 g/mol. The SMILES string of the molecule is Cc1csc(C(C)NC(=O)C(CN)c2ccccc2)n1. The second kappa shape index (κ2) is 6.63. The van der Waals surface area contributed by atoms with Crippen LogP contribution in [0.15, 0.2) is 35.7 Å². The van der Waals surface area contributed by atoms with Crippen LogP contribution < -0.4 is 11.1 Å². The minimum atomic E-state index is -0.320. The number of hydrogen-bond donors (Lipinski definition) is 2. The lowest BCUT2D eigenvalue weighted by molar-refractivity contribution is -0.123. The van der Waals surface area contributed by atoms with Crippen LogP contribution in [0.1, 0.15) is 35.1 Å². The lowest BCUT2D eigenvalue weighted by Crippen LogP contribution is -2.35. The van der Waals surface area contributed by atoms with Gasteiger partial charge in [0.25, 0.3) is 0 Å². The molecular weight excluding hydrogens is 270 g/mol. The summed E-state index contributed by atoms with van der Waals surface area (Å²) >= 11 is 1.56. The molecule has 2 unspecified atom stereocenters. The van der Waals surface area contributed by atoms with E-state index in [1.807, 2.05) is 49.6 Å². The Bertz CT molecular complexity index is 568. The minimum absolute atomic E-state index is 0.0564. The van der Waals surface area contributed by atoms with Gasteiger partial charge in [-0.15, -0.1) is 11.3 Å². The highest BCUT2D eigenvalue weighted by Crippen LogP contribution is 2.20. The van der Waals surface area contributed by atoms with Crippen molar-refractivity contribution in [2.45, 2.75) is 25.8 Å². The number of nitrogens with two attached hydrogens (primary N) is 1. The average molecular weight is 289 g/mol. The molecule has 0 aliphatic heterocycles. The highest BCUT2D eigenvalue weighted by atomic mass is 32.1. The van der Waals surface area contributed by atoms with Crippen LogP contribution >= 0.6 is 11.3 Å². The lowest BCUT2D eigenvalue weighted by Gasteiger charge is -2.18. The molecular formula is C15H19N3OS. The number of aromatic nitrogens is 1. The molecule has 0 saturated heterocycles.